The lowest BCUT2D eigenvalue weighted by atomic mass is 9.77. The van der Waals surface area contributed by atoms with Crippen molar-refractivity contribution < 1.29 is 14.3 Å². The van der Waals surface area contributed by atoms with Gasteiger partial charge in [-0.1, -0.05) is 5.57 Å². The summed E-state index contributed by atoms with van der Waals surface area (Å²) in [7, 11) is 1.39. The summed E-state index contributed by atoms with van der Waals surface area (Å²) in [6, 6.07) is 0. The fourth-order valence-electron chi connectivity index (χ4n) is 2.58. The van der Waals surface area contributed by atoms with E-state index in [1.165, 1.54) is 12.7 Å². The summed E-state index contributed by atoms with van der Waals surface area (Å²) >= 11 is 0. The molecule has 0 amide bonds. The van der Waals surface area contributed by atoms with Crippen molar-refractivity contribution in [3.63, 3.8) is 0 Å². The molecule has 3 nitrogen and oxygen atoms in total. The van der Waals surface area contributed by atoms with Gasteiger partial charge in [0.05, 0.1) is 13.0 Å². The van der Waals surface area contributed by atoms with Gasteiger partial charge in [-0.25, -0.2) is 0 Å². The van der Waals surface area contributed by atoms with Crippen LogP contribution in [0.4, 0.5) is 0 Å². The molecule has 0 heterocycles. The van der Waals surface area contributed by atoms with Crippen LogP contribution in [-0.4, -0.2) is 18.9 Å². The number of hydrogen-bond donors (Lipinski definition) is 0. The maximum atomic E-state index is 11.8. The van der Waals surface area contributed by atoms with Crippen molar-refractivity contribution in [2.45, 2.75) is 38.5 Å². The molecule has 0 spiro atoms. The van der Waals surface area contributed by atoms with Crippen LogP contribution in [0.5, 0.6) is 0 Å². The number of ether oxygens (including phenoxy) is 1. The first kappa shape index (κ1) is 10.4. The molecule has 2 aliphatic rings. The minimum absolute atomic E-state index is 0.173. The van der Waals surface area contributed by atoms with E-state index in [0.717, 1.165) is 37.7 Å². The molecular formula is C12H16O3. The minimum Gasteiger partial charge on any atom is -0.469 e. The van der Waals surface area contributed by atoms with Crippen molar-refractivity contribution in [2.75, 3.05) is 7.11 Å². The zero-order valence-corrected chi connectivity index (χ0v) is 9.04. The fraction of sp³-hybridized carbons (Fsp3) is 0.667. The highest BCUT2D eigenvalue weighted by atomic mass is 16.5. The van der Waals surface area contributed by atoms with Gasteiger partial charge in [-0.15, -0.1) is 0 Å². The number of carbonyl (C=O) groups excluding carboxylic acids is 2. The summed E-state index contributed by atoms with van der Waals surface area (Å²) in [5.41, 5.74) is 2.23. The summed E-state index contributed by atoms with van der Waals surface area (Å²) in [6.45, 7) is 0. The zero-order chi connectivity index (χ0) is 10.8. The van der Waals surface area contributed by atoms with E-state index in [0.29, 0.717) is 6.42 Å². The van der Waals surface area contributed by atoms with E-state index < -0.39 is 0 Å². The second-order valence-corrected chi connectivity index (χ2v) is 4.34. The molecule has 0 saturated heterocycles. The lowest BCUT2D eigenvalue weighted by molar-refractivity contribution is -0.147. The molecule has 2 rings (SSSR count). The van der Waals surface area contributed by atoms with Gasteiger partial charge in [0, 0.05) is 6.42 Å². The second kappa shape index (κ2) is 4.17. The van der Waals surface area contributed by atoms with Crippen LogP contribution in [0.15, 0.2) is 11.1 Å². The number of allylic oxidation sites excluding steroid dienone is 2. The van der Waals surface area contributed by atoms with E-state index >= 15 is 0 Å². The molecule has 1 atom stereocenters. The first-order valence-electron chi connectivity index (χ1n) is 5.54. The van der Waals surface area contributed by atoms with Gasteiger partial charge in [0.15, 0.2) is 5.78 Å². The van der Waals surface area contributed by atoms with E-state index in [2.05, 4.69) is 0 Å². The molecule has 1 unspecified atom stereocenters. The number of carbonyl (C=O) groups is 2. The summed E-state index contributed by atoms with van der Waals surface area (Å²) in [5.74, 6) is -0.286. The topological polar surface area (TPSA) is 43.4 Å². The van der Waals surface area contributed by atoms with Gasteiger partial charge >= 0.3 is 5.97 Å². The molecule has 3 heteroatoms. The maximum absolute atomic E-state index is 11.8. The number of ketones is 1. The summed E-state index contributed by atoms with van der Waals surface area (Å²) in [4.78, 5) is 23.2. The van der Waals surface area contributed by atoms with Crippen molar-refractivity contribution in [1.82, 2.24) is 0 Å². The van der Waals surface area contributed by atoms with Crippen LogP contribution in [0.25, 0.3) is 0 Å². The van der Waals surface area contributed by atoms with Crippen molar-refractivity contribution in [1.29, 1.82) is 0 Å². The Balaban J connectivity index is 2.18. The minimum atomic E-state index is -0.236. The quantitative estimate of drug-likeness (QED) is 0.619. The van der Waals surface area contributed by atoms with Gasteiger partial charge in [0.2, 0.25) is 0 Å². The molecular weight excluding hydrogens is 192 g/mol. The lowest BCUT2D eigenvalue weighted by Gasteiger charge is -2.27. The molecule has 2 aliphatic carbocycles. The Morgan fingerprint density at radius 1 is 1.27 bits per heavy atom. The number of Topliss-reactive ketones (excluding diaryl/α,β-unsaturated/α-hetero) is 1. The number of hydrogen-bond acceptors (Lipinski definition) is 3. The van der Waals surface area contributed by atoms with Crippen LogP contribution in [0.3, 0.4) is 0 Å². The SMILES string of the molecule is COC(=O)C1CC(=O)C2=C(CCCC2)C1. The standard InChI is InChI=1S/C12H16O3/c1-15-12(14)9-6-8-4-2-3-5-10(8)11(13)7-9/h9H,2-7H2,1H3. The van der Waals surface area contributed by atoms with Gasteiger partial charge in [-0.05, 0) is 37.7 Å². The van der Waals surface area contributed by atoms with E-state index in [9.17, 15) is 9.59 Å². The monoisotopic (exact) mass is 208 g/mol. The summed E-state index contributed by atoms with van der Waals surface area (Å²) < 4.78 is 4.70. The zero-order valence-electron chi connectivity index (χ0n) is 9.04. The molecule has 0 aliphatic heterocycles. The molecule has 0 saturated carbocycles. The fourth-order valence-corrected chi connectivity index (χ4v) is 2.58. The molecule has 0 N–H and O–H groups in total. The normalized spacial score (nSPS) is 26.2. The molecule has 0 bridgehead atoms. The third kappa shape index (κ3) is 1.96. The number of esters is 1. The molecule has 0 aromatic rings. The van der Waals surface area contributed by atoms with Crippen LogP contribution >= 0.6 is 0 Å². The van der Waals surface area contributed by atoms with Gasteiger partial charge in [0.25, 0.3) is 0 Å². The largest absolute Gasteiger partial charge is 0.469 e. The van der Waals surface area contributed by atoms with E-state index in [-0.39, 0.29) is 17.7 Å². The number of rotatable bonds is 1. The average molecular weight is 208 g/mol. The lowest BCUT2D eigenvalue weighted by Crippen LogP contribution is -2.27. The van der Waals surface area contributed by atoms with Gasteiger partial charge in [-0.2, -0.15) is 0 Å². The van der Waals surface area contributed by atoms with Gasteiger partial charge in [-0.3, -0.25) is 9.59 Å². The molecule has 82 valence electrons. The van der Waals surface area contributed by atoms with Crippen LogP contribution in [-0.2, 0) is 14.3 Å². The van der Waals surface area contributed by atoms with E-state index in [1.807, 2.05) is 0 Å². The van der Waals surface area contributed by atoms with Crippen molar-refractivity contribution >= 4 is 11.8 Å². The van der Waals surface area contributed by atoms with Crippen LogP contribution in [0.1, 0.15) is 38.5 Å². The highest BCUT2D eigenvalue weighted by Gasteiger charge is 2.32. The third-order valence-electron chi connectivity index (χ3n) is 3.38. The van der Waals surface area contributed by atoms with Crippen molar-refractivity contribution in [3.8, 4) is 0 Å². The molecule has 15 heavy (non-hydrogen) atoms. The Bertz CT molecular complexity index is 328. The van der Waals surface area contributed by atoms with Crippen LogP contribution in [0, 0.1) is 5.92 Å². The van der Waals surface area contributed by atoms with E-state index in [1.54, 1.807) is 0 Å². The Hall–Kier alpha value is -1.12. The highest BCUT2D eigenvalue weighted by molar-refractivity contribution is 5.99. The number of methoxy groups -OCH3 is 1. The Morgan fingerprint density at radius 3 is 2.73 bits per heavy atom. The molecule has 0 aromatic heterocycles. The predicted octanol–water partition coefficient (Wildman–Crippen LogP) is 2.01. The first-order valence-corrected chi connectivity index (χ1v) is 5.54. The van der Waals surface area contributed by atoms with Crippen LogP contribution < -0.4 is 0 Å². The third-order valence-corrected chi connectivity index (χ3v) is 3.38. The van der Waals surface area contributed by atoms with E-state index in [4.69, 9.17) is 4.74 Å². The summed E-state index contributed by atoms with van der Waals surface area (Å²) in [6.07, 6.45) is 5.28. The maximum Gasteiger partial charge on any atom is 0.309 e. The average Bonchev–Trinajstić information content (AvgIpc) is 2.28. The smallest absolute Gasteiger partial charge is 0.309 e. The Morgan fingerprint density at radius 2 is 2.00 bits per heavy atom. The Labute approximate surface area is 89.5 Å². The van der Waals surface area contributed by atoms with Crippen molar-refractivity contribution in [3.05, 3.63) is 11.1 Å². The molecule has 0 radical (unpaired) electrons. The molecule has 0 fully saturated rings. The van der Waals surface area contributed by atoms with Gasteiger partial charge < -0.3 is 4.74 Å². The van der Waals surface area contributed by atoms with Crippen LogP contribution in [0.2, 0.25) is 0 Å². The highest BCUT2D eigenvalue weighted by Crippen LogP contribution is 2.36. The van der Waals surface area contributed by atoms with Gasteiger partial charge in [0.1, 0.15) is 0 Å². The predicted molar refractivity (Wildman–Crippen MR) is 55.2 cm³/mol. The summed E-state index contributed by atoms with van der Waals surface area (Å²) in [5, 5.41) is 0. The Kier molecular flexibility index (Phi) is 2.89. The van der Waals surface area contributed by atoms with Crippen molar-refractivity contribution in [2.24, 2.45) is 5.92 Å². The molecule has 0 aromatic carbocycles. The second-order valence-electron chi connectivity index (χ2n) is 4.34. The first-order chi connectivity index (χ1) is 7.22.